The van der Waals surface area contributed by atoms with Gasteiger partial charge < -0.3 is 43.4 Å². The smallest absolute Gasteiger partial charge is 0.329 e. The first-order valence-corrected chi connectivity index (χ1v) is 6.59. The van der Waals surface area contributed by atoms with E-state index in [1.54, 1.807) is 21.3 Å². The number of rotatable bonds is 10. The van der Waals surface area contributed by atoms with Gasteiger partial charge in [-0.3, -0.25) is 0 Å². The van der Waals surface area contributed by atoms with Gasteiger partial charge in [0.15, 0.2) is 0 Å². The van der Waals surface area contributed by atoms with Crippen molar-refractivity contribution < 1.29 is 57.3 Å². The van der Waals surface area contributed by atoms with E-state index in [0.717, 1.165) is 6.61 Å². The Labute approximate surface area is 147 Å². The molecule has 0 heterocycles. The molecule has 0 aromatic heterocycles. The van der Waals surface area contributed by atoms with E-state index in [4.69, 9.17) is 24.1 Å². The molecule has 2 N–H and O–H groups in total. The fourth-order valence-corrected chi connectivity index (χ4v) is 0.497. The number of aliphatic hydroxyl groups excluding tert-OH is 1. The summed E-state index contributed by atoms with van der Waals surface area (Å²) in [6, 6.07) is 0. The Hall–Kier alpha value is -2.99. The third-order valence-corrected chi connectivity index (χ3v) is 1.20. The van der Waals surface area contributed by atoms with Crippen LogP contribution in [0.3, 0.4) is 0 Å². The Balaban J connectivity index is -0.0000000384. The fourth-order valence-electron chi connectivity index (χ4n) is 0.497. The van der Waals surface area contributed by atoms with Gasteiger partial charge in [-0.05, 0) is 6.92 Å². The normalized spacial score (nSPS) is 7.59. The summed E-state index contributed by atoms with van der Waals surface area (Å²) < 4.78 is 47.2. The summed E-state index contributed by atoms with van der Waals surface area (Å²) >= 11 is 0. The van der Waals surface area contributed by atoms with Gasteiger partial charge in [-0.15, -0.1) is 0 Å². The van der Waals surface area contributed by atoms with Crippen molar-refractivity contribution in [1.82, 2.24) is 0 Å². The number of hydrogen-bond acceptors (Lipinski definition) is 9. The number of aliphatic hydroxyl groups is 1. The van der Waals surface area contributed by atoms with Crippen molar-refractivity contribution in [2.45, 2.75) is 6.92 Å². The maximum absolute atomic E-state index is 9.69. The van der Waals surface area contributed by atoms with Gasteiger partial charge in [-0.2, -0.15) is 0 Å². The molecule has 0 saturated carbocycles. The molecule has 0 aliphatic rings. The van der Waals surface area contributed by atoms with Gasteiger partial charge in [0.05, 0.1) is 0 Å². The van der Waals surface area contributed by atoms with Crippen molar-refractivity contribution >= 4 is 5.97 Å². The van der Waals surface area contributed by atoms with Gasteiger partial charge in [-0.1, -0.05) is 0 Å². The largest absolute Gasteiger partial charge is 0.480 e. The Morgan fingerprint density at radius 1 is 0.778 bits per heavy atom. The van der Waals surface area contributed by atoms with Crippen LogP contribution >= 0.6 is 0 Å². The maximum Gasteiger partial charge on any atom is 0.329 e. The van der Waals surface area contributed by atoms with Crippen LogP contribution in [0.2, 0.25) is 0 Å². The van der Waals surface area contributed by atoms with Crippen LogP contribution in [-0.2, 0) is 38.0 Å². The van der Waals surface area contributed by atoms with E-state index >= 15 is 0 Å². The van der Waals surface area contributed by atoms with Crippen LogP contribution in [0.1, 0.15) is 6.92 Å². The standard InChI is InChI=1S/C4H8O4.C4H10O2.C3H8O2.C2H6O2.F2.2Rf/c1-7-3-8-2-4(5)6;1-3-6-4-5-2;1-4-3-5-2;1-4-2-3;1-2;;/h2-3H2,1H3,(H,5,6);3-4H2,1-2H3;3H2,1-2H3;3H,2H2,1H3;;;. The third kappa shape index (κ3) is 158. The monoisotopic (exact) mass is 920 g/mol. The molecule has 0 rings (SSSR count). The van der Waals surface area contributed by atoms with Crippen LogP contribution in [-0.4, -0.2) is 92.1 Å². The molecular formula is C13H32F2O10Rf2. The van der Waals surface area contributed by atoms with E-state index < -0.39 is 5.97 Å². The fraction of sp³-hybridized carbons (Fsp3) is 0.923. The summed E-state index contributed by atoms with van der Waals surface area (Å²) in [4.78, 5) is 9.69. The van der Waals surface area contributed by atoms with E-state index in [1.807, 2.05) is 6.92 Å². The molecule has 0 saturated heterocycles. The van der Waals surface area contributed by atoms with Gasteiger partial charge in [0.2, 0.25) is 0 Å². The molecule has 14 heteroatoms. The van der Waals surface area contributed by atoms with Crippen LogP contribution in [0.5, 0.6) is 0 Å². The topological polar surface area (TPSA) is 122 Å². The molecular weight excluding hydrogens is 888 g/mol. The molecule has 0 bridgehead atoms. The predicted molar refractivity (Wildman–Crippen MR) is 84.2 cm³/mol. The zero-order chi connectivity index (χ0) is 20.8. The number of carbonyl (C=O) groups is 1. The molecule has 0 radical (unpaired) electrons. The van der Waals surface area contributed by atoms with Gasteiger partial charge >= 0.3 is 5.97 Å². The first-order valence-electron chi connectivity index (χ1n) is 6.59. The maximum atomic E-state index is 9.69. The summed E-state index contributed by atoms with van der Waals surface area (Å²) in [5.41, 5.74) is 0. The minimum absolute atomic E-state index is 0. The third-order valence-electron chi connectivity index (χ3n) is 1.20. The van der Waals surface area contributed by atoms with E-state index in [2.05, 4.69) is 28.4 Å². The van der Waals surface area contributed by atoms with Crippen molar-refractivity contribution in [1.29, 1.82) is 0 Å². The molecule has 0 amide bonds. The molecule has 0 atom stereocenters. The van der Waals surface area contributed by atoms with Gasteiger partial charge in [0.25, 0.3) is 0 Å². The Morgan fingerprint density at radius 3 is 1.26 bits per heavy atom. The van der Waals surface area contributed by atoms with Crippen molar-refractivity contribution in [3.05, 3.63) is 0 Å². The minimum atomic E-state index is -0.984. The zero-order valence-electron chi connectivity index (χ0n) is 17.1. The number of hydrogen-bond donors (Lipinski definition) is 2. The molecule has 0 aliphatic carbocycles. The number of halogens is 2. The van der Waals surface area contributed by atoms with Crippen LogP contribution in [0.25, 0.3) is 0 Å². The molecule has 10 nitrogen and oxygen atoms in total. The molecule has 0 spiro atoms. The van der Waals surface area contributed by atoms with Crippen molar-refractivity contribution in [2.75, 3.05) is 75.9 Å². The van der Waals surface area contributed by atoms with Crippen LogP contribution in [0.4, 0.5) is 9.15 Å². The Bertz CT molecular complexity index is 192. The van der Waals surface area contributed by atoms with Gasteiger partial charge in [0.1, 0.15) is 33.8 Å². The van der Waals surface area contributed by atoms with Crippen LogP contribution < -0.4 is 0 Å². The molecule has 27 heavy (non-hydrogen) atoms. The second kappa shape index (κ2) is 65.9. The van der Waals surface area contributed by atoms with Crippen LogP contribution in [0, 0.1) is 0 Å². The quantitative estimate of drug-likeness (QED) is 0.243. The zero-order valence-corrected chi connectivity index (χ0v) is 29.9. The molecule has 0 aromatic rings. The Morgan fingerprint density at radius 2 is 1.11 bits per heavy atom. The summed E-state index contributed by atoms with van der Waals surface area (Å²) in [5, 5.41) is 15.6. The van der Waals surface area contributed by atoms with E-state index in [0.29, 0.717) is 13.6 Å². The molecule has 162 valence electrons. The summed E-state index contributed by atoms with van der Waals surface area (Å²) in [6.45, 7) is 3.02. The Kier molecular flexibility index (Phi) is 107. The van der Waals surface area contributed by atoms with E-state index in [1.165, 1.54) is 14.2 Å². The SMILES string of the molecule is CCOCOC.COCO.COCOC.COCOCC(=O)O.FF.[Rf].[Rf]. The number of aliphatic carboxylic acids is 1. The van der Waals surface area contributed by atoms with Crippen molar-refractivity contribution in [3.63, 3.8) is 0 Å². The number of carboxylic acids is 1. The van der Waals surface area contributed by atoms with Gasteiger partial charge in [-0.25, -0.2) is 4.79 Å². The number of methoxy groups -OCH3 is 5. The van der Waals surface area contributed by atoms with E-state index in [-0.39, 0.29) is 20.2 Å². The minimum Gasteiger partial charge on any atom is -0.480 e. The van der Waals surface area contributed by atoms with Gasteiger partial charge in [0, 0.05) is 51.3 Å². The molecule has 0 aromatic carbocycles. The molecule has 0 fully saturated rings. The number of ether oxygens (including phenoxy) is 7. The van der Waals surface area contributed by atoms with E-state index in [9.17, 15) is 4.79 Å². The van der Waals surface area contributed by atoms with Crippen LogP contribution in [0.15, 0.2) is 0 Å². The number of carboxylic acid groups (broad SMARTS) is 1. The predicted octanol–water partition coefficient (Wildman–Crippen LogP) is 0.978. The average Bonchev–Trinajstić information content (AvgIpc) is 2.63. The molecule has 0 aliphatic heterocycles. The van der Waals surface area contributed by atoms with Crippen molar-refractivity contribution in [3.8, 4) is 0 Å². The summed E-state index contributed by atoms with van der Waals surface area (Å²) in [5.74, 6) is -0.984. The summed E-state index contributed by atoms with van der Waals surface area (Å²) in [6.07, 6.45) is 0. The molecule has 0 unspecified atom stereocenters. The van der Waals surface area contributed by atoms with Crippen molar-refractivity contribution in [2.24, 2.45) is 0 Å². The second-order valence-electron chi connectivity index (χ2n) is 3.16. The first-order chi connectivity index (χ1) is 12.0. The first kappa shape index (κ1) is 43.9. The average molecular weight is 920 g/mol. The second-order valence-corrected chi connectivity index (χ2v) is 3.16. The summed E-state index contributed by atoms with van der Waals surface area (Å²) in [7, 11) is 7.64.